The van der Waals surface area contributed by atoms with Crippen molar-refractivity contribution in [1.82, 2.24) is 0 Å². The monoisotopic (exact) mass is 390 g/mol. The van der Waals surface area contributed by atoms with E-state index < -0.39 is 34.6 Å². The molecular weight excluding hydrogens is 369 g/mol. The molecule has 9 nitrogen and oxygen atoms in total. The molecule has 0 amide bonds. The van der Waals surface area contributed by atoms with Crippen LogP contribution in [0.4, 0.5) is 0 Å². The molecule has 12 heteroatoms. The smallest absolute Gasteiger partial charge is 0.324 e. The van der Waals surface area contributed by atoms with E-state index in [4.69, 9.17) is 19.6 Å². The minimum atomic E-state index is -4.56. The molecule has 0 fully saturated rings. The molecule has 0 aliphatic carbocycles. The highest BCUT2D eigenvalue weighted by Gasteiger charge is 2.29. The summed E-state index contributed by atoms with van der Waals surface area (Å²) < 4.78 is 33.1. The van der Waals surface area contributed by atoms with Crippen molar-refractivity contribution in [3.8, 4) is 0 Å². The minimum Gasteiger partial charge on any atom is -0.324 e. The van der Waals surface area contributed by atoms with Gasteiger partial charge >= 0.3 is 22.8 Å². The van der Waals surface area contributed by atoms with Crippen LogP contribution in [0.1, 0.15) is 20.3 Å². The van der Waals surface area contributed by atoms with Gasteiger partial charge in [-0.3, -0.25) is 13.7 Å². The van der Waals surface area contributed by atoms with Gasteiger partial charge in [0.1, 0.15) is 0 Å². The van der Waals surface area contributed by atoms with Crippen molar-refractivity contribution in [2.24, 2.45) is 0 Å². The summed E-state index contributed by atoms with van der Waals surface area (Å²) in [5.74, 6) is 0.599. The maximum absolute atomic E-state index is 11.5. The molecule has 0 heterocycles. The van der Waals surface area contributed by atoms with E-state index in [-0.39, 0.29) is 17.6 Å². The van der Waals surface area contributed by atoms with Crippen LogP contribution in [0.3, 0.4) is 0 Å². The van der Waals surface area contributed by atoms with Crippen molar-refractivity contribution in [3.05, 3.63) is 35.2 Å². The Labute approximate surface area is 133 Å². The summed E-state index contributed by atoms with van der Waals surface area (Å²) in [6.07, 6.45) is 2.83. The van der Waals surface area contributed by atoms with E-state index in [1.54, 1.807) is 0 Å². The molecule has 134 valence electrons. The summed E-state index contributed by atoms with van der Waals surface area (Å²) in [5.41, 5.74) is -0.783. The fourth-order valence-electron chi connectivity index (χ4n) is 1.71. The number of allylic oxidation sites excluding steroid dienone is 5. The Balaban J connectivity index is 5.26. The van der Waals surface area contributed by atoms with Gasteiger partial charge < -0.3 is 29.4 Å². The molecule has 0 aliphatic heterocycles. The Morgan fingerprint density at radius 2 is 1.52 bits per heavy atom. The van der Waals surface area contributed by atoms with E-state index in [0.29, 0.717) is 5.82 Å². The van der Waals surface area contributed by atoms with E-state index in [1.807, 2.05) is 0 Å². The summed E-state index contributed by atoms with van der Waals surface area (Å²) in [4.78, 5) is 53.7. The zero-order chi connectivity index (χ0) is 18.5. The minimum absolute atomic E-state index is 0.164. The van der Waals surface area contributed by atoms with E-state index in [1.165, 1.54) is 26.0 Å². The van der Waals surface area contributed by atoms with Gasteiger partial charge in [-0.15, -0.1) is 0 Å². The predicted molar refractivity (Wildman–Crippen MR) is 86.1 cm³/mol. The van der Waals surface area contributed by atoms with Crippen LogP contribution in [0.25, 0.3) is 0 Å². The van der Waals surface area contributed by atoms with Gasteiger partial charge in [0, 0.05) is 5.82 Å². The summed E-state index contributed by atoms with van der Waals surface area (Å²) in [6.45, 7) is 2.82. The van der Waals surface area contributed by atoms with Crippen LogP contribution in [0, 0.1) is 0 Å². The van der Waals surface area contributed by atoms with Crippen LogP contribution in [0.15, 0.2) is 35.2 Å². The standard InChI is InChI=1S/C11H21O9P3/c1-9(8-22(15,16)17)5-6-11(23(18,19)20)10(2)4-3-7-21(12,13)14/h3-5,7,11H,6,8H2,1-2H3,(H2,12,13,14)(H2,15,16,17)(H2,18,19,20). The van der Waals surface area contributed by atoms with Gasteiger partial charge in [-0.2, -0.15) is 0 Å². The van der Waals surface area contributed by atoms with Crippen LogP contribution < -0.4 is 0 Å². The first-order valence-electron chi connectivity index (χ1n) is 6.28. The third-order valence-corrected chi connectivity index (χ3v) is 5.62. The molecule has 0 aromatic heterocycles. The highest BCUT2D eigenvalue weighted by atomic mass is 31.2. The van der Waals surface area contributed by atoms with Crippen LogP contribution in [-0.4, -0.2) is 41.2 Å². The van der Waals surface area contributed by atoms with E-state index in [9.17, 15) is 23.5 Å². The molecule has 1 atom stereocenters. The first kappa shape index (κ1) is 22.7. The van der Waals surface area contributed by atoms with E-state index >= 15 is 0 Å². The average molecular weight is 390 g/mol. The topological polar surface area (TPSA) is 173 Å². The molecule has 0 radical (unpaired) electrons. The number of hydrogen-bond donors (Lipinski definition) is 6. The van der Waals surface area contributed by atoms with Crippen LogP contribution in [-0.2, 0) is 13.7 Å². The molecule has 0 aromatic rings. The predicted octanol–water partition coefficient (Wildman–Crippen LogP) is 1.68. The highest BCUT2D eigenvalue weighted by molar-refractivity contribution is 7.55. The van der Waals surface area contributed by atoms with Crippen molar-refractivity contribution in [2.45, 2.75) is 25.9 Å². The molecule has 0 saturated carbocycles. The second-order valence-corrected chi connectivity index (χ2v) is 9.98. The quantitative estimate of drug-likeness (QED) is 0.205. The van der Waals surface area contributed by atoms with Crippen molar-refractivity contribution in [2.75, 3.05) is 6.16 Å². The van der Waals surface area contributed by atoms with Crippen LogP contribution in [0.5, 0.6) is 0 Å². The Kier molecular flexibility index (Phi) is 8.55. The molecule has 0 aromatic carbocycles. The summed E-state index contributed by atoms with van der Waals surface area (Å²) in [5, 5.41) is 0. The SMILES string of the molecule is CC(=CCC(C(C)=CC=CP(=O)(O)O)P(=O)(O)O)CP(=O)(O)O. The van der Waals surface area contributed by atoms with E-state index in [2.05, 4.69) is 0 Å². The molecule has 1 unspecified atom stereocenters. The zero-order valence-corrected chi connectivity index (χ0v) is 15.2. The third-order valence-electron chi connectivity index (χ3n) is 2.72. The highest BCUT2D eigenvalue weighted by Crippen LogP contribution is 2.47. The maximum atomic E-state index is 11.5. The summed E-state index contributed by atoms with van der Waals surface area (Å²) in [6, 6.07) is 0. The van der Waals surface area contributed by atoms with Gasteiger partial charge in [-0.05, 0) is 20.3 Å². The van der Waals surface area contributed by atoms with Crippen molar-refractivity contribution < 1.29 is 43.1 Å². The lowest BCUT2D eigenvalue weighted by molar-refractivity contribution is 0.363. The van der Waals surface area contributed by atoms with Gasteiger partial charge in [0.05, 0.1) is 11.8 Å². The molecule has 0 saturated heterocycles. The van der Waals surface area contributed by atoms with E-state index in [0.717, 1.165) is 6.08 Å². The zero-order valence-electron chi connectivity index (χ0n) is 12.6. The van der Waals surface area contributed by atoms with Gasteiger partial charge in [-0.25, -0.2) is 0 Å². The van der Waals surface area contributed by atoms with Gasteiger partial charge in [-0.1, -0.05) is 29.4 Å². The fraction of sp³-hybridized carbons (Fsp3) is 0.455. The molecular formula is C11H21O9P3. The molecule has 0 bridgehead atoms. The van der Waals surface area contributed by atoms with Gasteiger partial charge in [0.15, 0.2) is 0 Å². The van der Waals surface area contributed by atoms with Crippen molar-refractivity contribution in [3.63, 3.8) is 0 Å². The molecule has 0 rings (SSSR count). The Morgan fingerprint density at radius 1 is 1.00 bits per heavy atom. The maximum Gasteiger partial charge on any atom is 0.349 e. The Bertz CT molecular complexity index is 631. The summed E-state index contributed by atoms with van der Waals surface area (Å²) >= 11 is 0. The fourth-order valence-corrected chi connectivity index (χ4v) is 3.79. The second kappa shape index (κ2) is 8.67. The summed E-state index contributed by atoms with van der Waals surface area (Å²) in [7, 11) is -13.2. The van der Waals surface area contributed by atoms with Crippen molar-refractivity contribution >= 4 is 22.8 Å². The Morgan fingerprint density at radius 3 is 1.91 bits per heavy atom. The normalized spacial score (nSPS) is 16.9. The molecule has 6 N–H and O–H groups in total. The molecule has 0 spiro atoms. The van der Waals surface area contributed by atoms with Crippen molar-refractivity contribution in [1.29, 1.82) is 0 Å². The van der Waals surface area contributed by atoms with Crippen LogP contribution >= 0.6 is 22.8 Å². The lowest BCUT2D eigenvalue weighted by Crippen LogP contribution is -2.09. The first-order chi connectivity index (χ1) is 10.1. The lowest BCUT2D eigenvalue weighted by atomic mass is 10.1. The lowest BCUT2D eigenvalue weighted by Gasteiger charge is -2.18. The van der Waals surface area contributed by atoms with Crippen LogP contribution in [0.2, 0.25) is 0 Å². The molecule has 23 heavy (non-hydrogen) atoms. The second-order valence-electron chi connectivity index (χ2n) is 5.06. The number of rotatable bonds is 8. The van der Waals surface area contributed by atoms with Gasteiger partial charge in [0.2, 0.25) is 0 Å². The first-order valence-corrected chi connectivity index (χ1v) is 11.4. The van der Waals surface area contributed by atoms with Gasteiger partial charge in [0.25, 0.3) is 0 Å². The third kappa shape index (κ3) is 11.8. The Hall–Kier alpha value is -0.330. The molecule has 0 aliphatic rings. The largest absolute Gasteiger partial charge is 0.349 e. The number of hydrogen-bond acceptors (Lipinski definition) is 3. The average Bonchev–Trinajstić information content (AvgIpc) is 2.22.